The van der Waals surface area contributed by atoms with Gasteiger partial charge in [-0.3, -0.25) is 4.79 Å². The normalized spacial score (nSPS) is 16.7. The van der Waals surface area contributed by atoms with Crippen molar-refractivity contribution in [3.8, 4) is 0 Å². The molecule has 1 amide bonds. The first-order chi connectivity index (χ1) is 9.79. The molecular weight excluding hydrogens is 314 g/mol. The van der Waals surface area contributed by atoms with E-state index in [1.165, 1.54) is 12.1 Å². The van der Waals surface area contributed by atoms with Crippen molar-refractivity contribution in [1.82, 2.24) is 0 Å². The summed E-state index contributed by atoms with van der Waals surface area (Å²) in [6.07, 6.45) is 1.41. The molecule has 1 N–H and O–H groups in total. The second-order valence-corrected chi connectivity index (χ2v) is 7.81. The zero-order chi connectivity index (χ0) is 15.6. The summed E-state index contributed by atoms with van der Waals surface area (Å²) in [5.41, 5.74) is 2.00. The summed E-state index contributed by atoms with van der Waals surface area (Å²) < 4.78 is 28.0. The monoisotopic (exact) mass is 331 g/mol. The van der Waals surface area contributed by atoms with Crippen LogP contribution in [0, 0.1) is 19.8 Å². The number of carbonyl (C=O) groups is 1. The number of nitrogens with one attached hydrogen (secondary N) is 1. The number of benzene rings is 1. The Hall–Kier alpha value is -1.11. The van der Waals surface area contributed by atoms with Gasteiger partial charge in [0.15, 0.2) is 0 Å². The molecule has 0 spiro atoms. The molecule has 1 saturated heterocycles. The Bertz CT molecular complexity index is 628. The van der Waals surface area contributed by atoms with Gasteiger partial charge in [0.1, 0.15) is 0 Å². The van der Waals surface area contributed by atoms with Gasteiger partial charge in [-0.2, -0.15) is 0 Å². The Morgan fingerprint density at radius 1 is 1.24 bits per heavy atom. The third kappa shape index (κ3) is 3.96. The van der Waals surface area contributed by atoms with E-state index < -0.39 is 9.05 Å². The van der Waals surface area contributed by atoms with E-state index in [9.17, 15) is 13.2 Å². The van der Waals surface area contributed by atoms with E-state index in [0.29, 0.717) is 42.9 Å². The van der Waals surface area contributed by atoms with Crippen LogP contribution in [0.5, 0.6) is 0 Å². The number of carbonyl (C=O) groups excluding carboxylic acids is 1. The van der Waals surface area contributed by atoms with Crippen LogP contribution in [0.4, 0.5) is 5.69 Å². The summed E-state index contributed by atoms with van der Waals surface area (Å²) in [7, 11) is 1.58. The standard InChI is InChI=1S/C14H18ClNO4S/c1-9-7-12(21(15,18)19)8-10(2)13(9)16-14(17)11-3-5-20-6-4-11/h7-8,11H,3-6H2,1-2H3,(H,16,17). The molecule has 1 aromatic rings. The Kier molecular flexibility index (Phi) is 4.91. The number of halogens is 1. The van der Waals surface area contributed by atoms with Crippen LogP contribution in [0.15, 0.2) is 17.0 Å². The maximum atomic E-state index is 12.2. The van der Waals surface area contributed by atoms with Gasteiger partial charge in [-0.15, -0.1) is 0 Å². The Labute approximate surface area is 129 Å². The zero-order valence-corrected chi connectivity index (χ0v) is 13.6. The first kappa shape index (κ1) is 16.3. The van der Waals surface area contributed by atoms with E-state index in [-0.39, 0.29) is 16.7 Å². The van der Waals surface area contributed by atoms with Crippen LogP contribution in [-0.2, 0) is 18.6 Å². The van der Waals surface area contributed by atoms with Gasteiger partial charge in [-0.05, 0) is 49.9 Å². The topological polar surface area (TPSA) is 72.5 Å². The first-order valence-electron chi connectivity index (χ1n) is 6.73. The van der Waals surface area contributed by atoms with Crippen molar-refractivity contribution >= 4 is 31.3 Å². The highest BCUT2D eigenvalue weighted by molar-refractivity contribution is 8.13. The predicted octanol–water partition coefficient (Wildman–Crippen LogP) is 2.60. The Balaban J connectivity index is 2.22. The van der Waals surface area contributed by atoms with Crippen molar-refractivity contribution in [2.75, 3.05) is 18.5 Å². The molecule has 0 aliphatic carbocycles. The number of rotatable bonds is 3. The lowest BCUT2D eigenvalue weighted by Crippen LogP contribution is -2.29. The molecule has 0 atom stereocenters. The summed E-state index contributed by atoms with van der Waals surface area (Å²) in [5.74, 6) is -0.111. The SMILES string of the molecule is Cc1cc(S(=O)(=O)Cl)cc(C)c1NC(=O)C1CCOCC1. The van der Waals surface area contributed by atoms with Crippen LogP contribution >= 0.6 is 10.7 Å². The van der Waals surface area contributed by atoms with Crippen molar-refractivity contribution in [1.29, 1.82) is 0 Å². The highest BCUT2D eigenvalue weighted by atomic mass is 35.7. The summed E-state index contributed by atoms with van der Waals surface area (Å²) in [5, 5.41) is 2.89. The van der Waals surface area contributed by atoms with Crippen LogP contribution < -0.4 is 5.32 Å². The number of aryl methyl sites for hydroxylation is 2. The van der Waals surface area contributed by atoms with Crippen molar-refractivity contribution < 1.29 is 17.9 Å². The minimum absolute atomic E-state index is 0.0447. The average molecular weight is 332 g/mol. The van der Waals surface area contributed by atoms with Gasteiger partial charge < -0.3 is 10.1 Å². The summed E-state index contributed by atoms with van der Waals surface area (Å²) in [6, 6.07) is 2.93. The van der Waals surface area contributed by atoms with Crippen LogP contribution in [-0.4, -0.2) is 27.5 Å². The quantitative estimate of drug-likeness (QED) is 0.864. The lowest BCUT2D eigenvalue weighted by molar-refractivity contribution is -0.122. The molecular formula is C14H18ClNO4S. The first-order valence-corrected chi connectivity index (χ1v) is 9.04. The highest BCUT2D eigenvalue weighted by Crippen LogP contribution is 2.27. The van der Waals surface area contributed by atoms with Crippen molar-refractivity contribution in [2.24, 2.45) is 5.92 Å². The van der Waals surface area contributed by atoms with Crippen LogP contribution in [0.25, 0.3) is 0 Å². The maximum absolute atomic E-state index is 12.2. The molecule has 0 saturated carbocycles. The number of hydrogen-bond donors (Lipinski definition) is 1. The lowest BCUT2D eigenvalue weighted by Gasteiger charge is -2.22. The van der Waals surface area contributed by atoms with E-state index in [0.717, 1.165) is 0 Å². The van der Waals surface area contributed by atoms with Gasteiger partial charge in [0.25, 0.3) is 9.05 Å². The minimum Gasteiger partial charge on any atom is -0.381 e. The van der Waals surface area contributed by atoms with Gasteiger partial charge in [0, 0.05) is 35.5 Å². The fourth-order valence-electron chi connectivity index (χ4n) is 2.45. The molecule has 116 valence electrons. The largest absolute Gasteiger partial charge is 0.381 e. The maximum Gasteiger partial charge on any atom is 0.261 e. The lowest BCUT2D eigenvalue weighted by atomic mass is 9.98. The van der Waals surface area contributed by atoms with Crippen LogP contribution in [0.3, 0.4) is 0 Å². The molecule has 2 rings (SSSR count). The average Bonchev–Trinajstić information content (AvgIpc) is 2.42. The van der Waals surface area contributed by atoms with Gasteiger partial charge in [0.05, 0.1) is 4.90 Å². The van der Waals surface area contributed by atoms with Gasteiger partial charge >= 0.3 is 0 Å². The fraction of sp³-hybridized carbons (Fsp3) is 0.500. The van der Waals surface area contributed by atoms with Crippen LogP contribution in [0.1, 0.15) is 24.0 Å². The number of anilines is 1. The molecule has 1 fully saturated rings. The molecule has 0 unspecified atom stereocenters. The molecule has 0 radical (unpaired) electrons. The smallest absolute Gasteiger partial charge is 0.261 e. The summed E-state index contributed by atoms with van der Waals surface area (Å²) in [4.78, 5) is 12.3. The van der Waals surface area contributed by atoms with Gasteiger partial charge in [0.2, 0.25) is 5.91 Å². The second-order valence-electron chi connectivity index (χ2n) is 5.25. The molecule has 1 aliphatic rings. The highest BCUT2D eigenvalue weighted by Gasteiger charge is 2.23. The van der Waals surface area contributed by atoms with Crippen molar-refractivity contribution in [3.05, 3.63) is 23.3 Å². The van der Waals surface area contributed by atoms with E-state index in [1.54, 1.807) is 13.8 Å². The fourth-order valence-corrected chi connectivity index (χ4v) is 3.35. The molecule has 7 heteroatoms. The molecule has 0 bridgehead atoms. The molecule has 0 aromatic heterocycles. The zero-order valence-electron chi connectivity index (χ0n) is 12.0. The molecule has 1 aromatic carbocycles. The molecule has 5 nitrogen and oxygen atoms in total. The third-order valence-electron chi connectivity index (χ3n) is 3.63. The van der Waals surface area contributed by atoms with E-state index in [4.69, 9.17) is 15.4 Å². The molecule has 21 heavy (non-hydrogen) atoms. The number of hydrogen-bond acceptors (Lipinski definition) is 4. The summed E-state index contributed by atoms with van der Waals surface area (Å²) >= 11 is 0. The van der Waals surface area contributed by atoms with E-state index in [2.05, 4.69) is 5.32 Å². The number of amides is 1. The second kappa shape index (κ2) is 6.34. The van der Waals surface area contributed by atoms with Gasteiger partial charge in [-0.25, -0.2) is 8.42 Å². The van der Waals surface area contributed by atoms with Crippen LogP contribution in [0.2, 0.25) is 0 Å². The van der Waals surface area contributed by atoms with E-state index >= 15 is 0 Å². The third-order valence-corrected chi connectivity index (χ3v) is 4.96. The predicted molar refractivity (Wildman–Crippen MR) is 81.1 cm³/mol. The Morgan fingerprint density at radius 2 is 1.76 bits per heavy atom. The summed E-state index contributed by atoms with van der Waals surface area (Å²) in [6.45, 7) is 4.69. The molecule has 1 heterocycles. The Morgan fingerprint density at radius 3 is 2.24 bits per heavy atom. The van der Waals surface area contributed by atoms with Crippen molar-refractivity contribution in [3.63, 3.8) is 0 Å². The minimum atomic E-state index is -3.77. The van der Waals surface area contributed by atoms with E-state index in [1.807, 2.05) is 0 Å². The molecule has 1 aliphatic heterocycles. The number of ether oxygens (including phenoxy) is 1. The van der Waals surface area contributed by atoms with Gasteiger partial charge in [-0.1, -0.05) is 0 Å². The van der Waals surface area contributed by atoms with Crippen molar-refractivity contribution in [2.45, 2.75) is 31.6 Å².